The van der Waals surface area contributed by atoms with Gasteiger partial charge in [0.05, 0.1) is 13.1 Å². The summed E-state index contributed by atoms with van der Waals surface area (Å²) < 4.78 is 0. The van der Waals surface area contributed by atoms with Crippen molar-refractivity contribution in [2.24, 2.45) is 10.7 Å². The number of primary amides is 1. The second-order valence-electron chi connectivity index (χ2n) is 6.36. The third kappa shape index (κ3) is 10.9. The van der Waals surface area contributed by atoms with Crippen molar-refractivity contribution >= 4 is 35.8 Å². The number of carbonyl (C=O) groups excluding carboxylic acids is 1. The molecular weight excluding hydrogens is 431 g/mol. The Morgan fingerprint density at radius 2 is 1.92 bits per heavy atom. The van der Waals surface area contributed by atoms with E-state index in [-0.39, 0.29) is 29.9 Å². The highest BCUT2D eigenvalue weighted by Gasteiger charge is 2.20. The van der Waals surface area contributed by atoms with E-state index in [9.17, 15) is 4.79 Å². The molecular formula is C17H37IN6O. The summed E-state index contributed by atoms with van der Waals surface area (Å²) in [6, 6.07) is 0.407. The first-order valence-corrected chi connectivity index (χ1v) is 9.36. The van der Waals surface area contributed by atoms with Gasteiger partial charge in [-0.3, -0.25) is 14.7 Å². The zero-order valence-electron chi connectivity index (χ0n) is 16.1. The van der Waals surface area contributed by atoms with Crippen molar-refractivity contribution in [3.63, 3.8) is 0 Å². The van der Waals surface area contributed by atoms with Crippen LogP contribution in [0.25, 0.3) is 0 Å². The second-order valence-corrected chi connectivity index (χ2v) is 6.36. The lowest BCUT2D eigenvalue weighted by atomic mass is 10.1. The molecule has 1 aliphatic heterocycles. The van der Waals surface area contributed by atoms with Crippen molar-refractivity contribution in [1.29, 1.82) is 0 Å². The number of amides is 1. The quantitative estimate of drug-likeness (QED) is 0.252. The summed E-state index contributed by atoms with van der Waals surface area (Å²) in [6.45, 7) is 13.5. The third-order valence-corrected chi connectivity index (χ3v) is 4.33. The summed E-state index contributed by atoms with van der Waals surface area (Å²) in [5.41, 5.74) is 5.26. The number of nitrogens with one attached hydrogen (secondary N) is 2. The summed E-state index contributed by atoms with van der Waals surface area (Å²) >= 11 is 0. The summed E-state index contributed by atoms with van der Waals surface area (Å²) in [5, 5.41) is 6.86. The van der Waals surface area contributed by atoms with Crippen molar-refractivity contribution < 1.29 is 4.79 Å². The van der Waals surface area contributed by atoms with Crippen LogP contribution in [0.3, 0.4) is 0 Å². The maximum absolute atomic E-state index is 11.0. The molecule has 4 N–H and O–H groups in total. The Hall–Kier alpha value is -0.610. The lowest BCUT2D eigenvalue weighted by Crippen LogP contribution is -2.50. The summed E-state index contributed by atoms with van der Waals surface area (Å²) in [5.74, 6) is 0.655. The number of aliphatic imine (C=N–C) groups is 1. The van der Waals surface area contributed by atoms with Crippen LogP contribution in [0.1, 0.15) is 40.0 Å². The number of carbonyl (C=O) groups is 1. The van der Waals surface area contributed by atoms with Gasteiger partial charge in [0.2, 0.25) is 5.91 Å². The summed E-state index contributed by atoms with van der Waals surface area (Å²) in [6.07, 6.45) is 3.20. The Kier molecular flexibility index (Phi) is 14.2. The number of guanidine groups is 1. The van der Waals surface area contributed by atoms with Gasteiger partial charge >= 0.3 is 0 Å². The minimum Gasteiger partial charge on any atom is -0.369 e. The molecule has 25 heavy (non-hydrogen) atoms. The predicted octanol–water partition coefficient (Wildman–Crippen LogP) is 0.841. The van der Waals surface area contributed by atoms with E-state index >= 15 is 0 Å². The molecule has 1 fully saturated rings. The molecule has 1 aliphatic rings. The van der Waals surface area contributed by atoms with Gasteiger partial charge in [-0.1, -0.05) is 13.8 Å². The van der Waals surface area contributed by atoms with E-state index in [0.29, 0.717) is 12.6 Å². The molecule has 0 aliphatic carbocycles. The Morgan fingerprint density at radius 1 is 1.24 bits per heavy atom. The van der Waals surface area contributed by atoms with Gasteiger partial charge in [-0.25, -0.2) is 0 Å². The number of likely N-dealkylation sites (N-methyl/N-ethyl adjacent to an activating group) is 1. The lowest BCUT2D eigenvalue weighted by Gasteiger charge is -2.32. The van der Waals surface area contributed by atoms with Crippen LogP contribution in [0.2, 0.25) is 0 Å². The number of nitrogens with two attached hydrogens (primary N) is 1. The molecule has 0 aromatic carbocycles. The van der Waals surface area contributed by atoms with Crippen molar-refractivity contribution in [3.8, 4) is 0 Å². The Bertz CT molecular complexity index is 385. The molecule has 0 saturated carbocycles. The summed E-state index contributed by atoms with van der Waals surface area (Å²) in [7, 11) is 0. The number of hydrogen-bond donors (Lipinski definition) is 3. The zero-order chi connectivity index (χ0) is 17.8. The maximum atomic E-state index is 11.0. The van der Waals surface area contributed by atoms with Crippen LogP contribution in [0.15, 0.2) is 4.99 Å². The van der Waals surface area contributed by atoms with Crippen LogP contribution in [0, 0.1) is 0 Å². The van der Waals surface area contributed by atoms with Gasteiger partial charge in [0.25, 0.3) is 0 Å². The minimum atomic E-state index is -0.246. The topological polar surface area (TPSA) is 86.0 Å². The minimum absolute atomic E-state index is 0. The van der Waals surface area contributed by atoms with E-state index in [2.05, 4.69) is 41.2 Å². The highest BCUT2D eigenvalue weighted by atomic mass is 127. The number of nitrogens with zero attached hydrogens (tertiary/aromatic N) is 3. The molecule has 7 nitrogen and oxygen atoms in total. The van der Waals surface area contributed by atoms with Crippen LogP contribution in [-0.2, 0) is 4.79 Å². The van der Waals surface area contributed by atoms with Crippen molar-refractivity contribution in [1.82, 2.24) is 20.4 Å². The number of hydrogen-bond acceptors (Lipinski definition) is 4. The molecule has 0 radical (unpaired) electrons. The molecule has 1 saturated heterocycles. The van der Waals surface area contributed by atoms with Crippen LogP contribution >= 0.6 is 24.0 Å². The fourth-order valence-electron chi connectivity index (χ4n) is 3.02. The average Bonchev–Trinajstić information content (AvgIpc) is 2.55. The van der Waals surface area contributed by atoms with Gasteiger partial charge in [-0.05, 0) is 39.3 Å². The van der Waals surface area contributed by atoms with Gasteiger partial charge in [-0.2, -0.15) is 0 Å². The normalized spacial score (nSPS) is 16.6. The SMILES string of the molecule is CCCN(CC)CCN=C(NCC)NC1CCN(CC(N)=O)CC1.I. The molecule has 0 aromatic heterocycles. The fraction of sp³-hybridized carbons (Fsp3) is 0.882. The predicted molar refractivity (Wildman–Crippen MR) is 116 cm³/mol. The van der Waals surface area contributed by atoms with Crippen LogP contribution in [0.4, 0.5) is 0 Å². The Morgan fingerprint density at radius 3 is 2.44 bits per heavy atom. The smallest absolute Gasteiger partial charge is 0.231 e. The first-order valence-electron chi connectivity index (χ1n) is 9.36. The molecule has 1 amide bonds. The number of likely N-dealkylation sites (tertiary alicyclic amines) is 1. The maximum Gasteiger partial charge on any atom is 0.231 e. The van der Waals surface area contributed by atoms with Gasteiger partial charge in [0, 0.05) is 32.2 Å². The highest BCUT2D eigenvalue weighted by molar-refractivity contribution is 14.0. The van der Waals surface area contributed by atoms with E-state index in [4.69, 9.17) is 10.7 Å². The van der Waals surface area contributed by atoms with Gasteiger partial charge in [0.15, 0.2) is 5.96 Å². The van der Waals surface area contributed by atoms with Gasteiger partial charge in [-0.15, -0.1) is 24.0 Å². The zero-order valence-corrected chi connectivity index (χ0v) is 18.4. The number of rotatable bonds is 10. The first-order chi connectivity index (χ1) is 11.6. The van der Waals surface area contributed by atoms with E-state index in [1.54, 1.807) is 0 Å². The van der Waals surface area contributed by atoms with E-state index in [1.165, 1.54) is 6.42 Å². The molecule has 0 bridgehead atoms. The van der Waals surface area contributed by atoms with Gasteiger partial charge < -0.3 is 21.3 Å². The Labute approximate surface area is 170 Å². The number of halogens is 1. The van der Waals surface area contributed by atoms with E-state index in [0.717, 1.165) is 64.6 Å². The lowest BCUT2D eigenvalue weighted by molar-refractivity contribution is -0.119. The molecule has 1 heterocycles. The molecule has 148 valence electrons. The molecule has 0 unspecified atom stereocenters. The molecule has 0 spiro atoms. The number of piperidine rings is 1. The molecule has 8 heteroatoms. The van der Waals surface area contributed by atoms with Crippen LogP contribution < -0.4 is 16.4 Å². The van der Waals surface area contributed by atoms with Crippen molar-refractivity contribution in [2.45, 2.75) is 46.1 Å². The van der Waals surface area contributed by atoms with E-state index < -0.39 is 0 Å². The highest BCUT2D eigenvalue weighted by Crippen LogP contribution is 2.09. The molecule has 0 aromatic rings. The summed E-state index contributed by atoms with van der Waals surface area (Å²) in [4.78, 5) is 20.2. The van der Waals surface area contributed by atoms with Crippen LogP contribution in [0.5, 0.6) is 0 Å². The van der Waals surface area contributed by atoms with Crippen molar-refractivity contribution in [3.05, 3.63) is 0 Å². The fourth-order valence-corrected chi connectivity index (χ4v) is 3.02. The van der Waals surface area contributed by atoms with Gasteiger partial charge in [0.1, 0.15) is 0 Å². The first kappa shape index (κ1) is 24.4. The Balaban J connectivity index is 0.00000576. The standard InChI is InChI=1S/C17H36N6O.HI/c1-4-10-22(6-3)13-9-20-17(19-5-2)21-15-7-11-23(12-8-15)14-16(18)24;/h15H,4-14H2,1-3H3,(H2,18,24)(H2,19,20,21);1H. The molecule has 0 atom stereocenters. The molecule has 1 rings (SSSR count). The third-order valence-electron chi connectivity index (χ3n) is 4.33. The van der Waals surface area contributed by atoms with Crippen LogP contribution in [-0.4, -0.2) is 80.1 Å². The van der Waals surface area contributed by atoms with E-state index in [1.807, 2.05) is 0 Å². The second kappa shape index (κ2) is 14.5. The monoisotopic (exact) mass is 468 g/mol. The average molecular weight is 468 g/mol. The largest absolute Gasteiger partial charge is 0.369 e. The van der Waals surface area contributed by atoms with Crippen molar-refractivity contribution in [2.75, 3.05) is 52.4 Å².